The van der Waals surface area contributed by atoms with Crippen molar-refractivity contribution in [3.63, 3.8) is 0 Å². The van der Waals surface area contributed by atoms with Crippen molar-refractivity contribution in [2.45, 2.75) is 52.4 Å². The number of hydrogen-bond acceptors (Lipinski definition) is 2. The molecule has 0 aromatic heterocycles. The molecule has 4 nitrogen and oxygen atoms in total. The van der Waals surface area contributed by atoms with E-state index in [1.54, 1.807) is 13.8 Å². The predicted octanol–water partition coefficient (Wildman–Crippen LogP) is 2.77. The van der Waals surface area contributed by atoms with Crippen LogP contribution in [0.25, 0.3) is 0 Å². The van der Waals surface area contributed by atoms with Gasteiger partial charge in [-0.15, -0.1) is 0 Å². The van der Waals surface area contributed by atoms with E-state index >= 15 is 0 Å². The Morgan fingerprint density at radius 2 is 1.12 bits per heavy atom. The van der Waals surface area contributed by atoms with E-state index in [1.165, 1.54) is 0 Å². The van der Waals surface area contributed by atoms with Gasteiger partial charge in [0.05, 0.1) is 11.8 Å². The van der Waals surface area contributed by atoms with Gasteiger partial charge in [-0.05, 0) is 12.8 Å². The Hall–Kier alpha value is -1.06. The van der Waals surface area contributed by atoms with Crippen molar-refractivity contribution in [2.75, 3.05) is 0 Å². The minimum Gasteiger partial charge on any atom is -0.481 e. The molecule has 0 amide bonds. The van der Waals surface area contributed by atoms with Crippen LogP contribution in [0.5, 0.6) is 0 Å². The molecule has 0 aromatic carbocycles. The summed E-state index contributed by atoms with van der Waals surface area (Å²) in [5, 5.41) is 17.3. The fraction of sp³-hybridized carbons (Fsp3) is 0.833. The Morgan fingerprint density at radius 1 is 0.812 bits per heavy atom. The third-order valence-corrected chi connectivity index (χ3v) is 2.87. The van der Waals surface area contributed by atoms with E-state index < -0.39 is 11.9 Å². The van der Waals surface area contributed by atoms with E-state index in [9.17, 15) is 9.59 Å². The van der Waals surface area contributed by atoms with Crippen molar-refractivity contribution in [3.05, 3.63) is 0 Å². The predicted molar refractivity (Wildman–Crippen MR) is 61.3 cm³/mol. The maximum Gasteiger partial charge on any atom is 0.306 e. The lowest BCUT2D eigenvalue weighted by atomic mass is 10.00. The Morgan fingerprint density at radius 3 is 1.38 bits per heavy atom. The Labute approximate surface area is 96.7 Å². The number of rotatable bonds is 9. The number of carboxylic acids is 2. The quantitative estimate of drug-likeness (QED) is 0.597. The fourth-order valence-corrected chi connectivity index (χ4v) is 1.50. The van der Waals surface area contributed by atoms with Gasteiger partial charge < -0.3 is 10.2 Å². The van der Waals surface area contributed by atoms with Crippen molar-refractivity contribution in [3.8, 4) is 0 Å². The van der Waals surface area contributed by atoms with Crippen LogP contribution in [-0.2, 0) is 9.59 Å². The van der Waals surface area contributed by atoms with Crippen LogP contribution in [0.2, 0.25) is 0 Å². The number of aliphatic carboxylic acids is 2. The molecule has 0 heterocycles. The zero-order valence-corrected chi connectivity index (χ0v) is 10.1. The highest BCUT2D eigenvalue weighted by molar-refractivity contribution is 5.69. The summed E-state index contributed by atoms with van der Waals surface area (Å²) in [6.07, 6.45) is 5.23. The van der Waals surface area contributed by atoms with Crippen LogP contribution >= 0.6 is 0 Å². The fourth-order valence-electron chi connectivity index (χ4n) is 1.50. The zero-order valence-electron chi connectivity index (χ0n) is 10.1. The van der Waals surface area contributed by atoms with E-state index in [1.807, 2.05) is 0 Å². The second-order valence-electron chi connectivity index (χ2n) is 4.47. The molecule has 4 heteroatoms. The Kier molecular flexibility index (Phi) is 7.60. The minimum absolute atomic E-state index is 0.266. The second kappa shape index (κ2) is 8.13. The summed E-state index contributed by atoms with van der Waals surface area (Å²) in [4.78, 5) is 21.0. The number of unbranched alkanes of at least 4 members (excludes halogenated alkanes) is 3. The summed E-state index contributed by atoms with van der Waals surface area (Å²) in [7, 11) is 0. The molecule has 16 heavy (non-hydrogen) atoms. The molecule has 0 bridgehead atoms. The summed E-state index contributed by atoms with van der Waals surface area (Å²) in [6.45, 7) is 3.43. The van der Waals surface area contributed by atoms with Gasteiger partial charge in [0.2, 0.25) is 0 Å². The first kappa shape index (κ1) is 14.9. The van der Waals surface area contributed by atoms with Crippen molar-refractivity contribution in [2.24, 2.45) is 11.8 Å². The molecule has 0 aromatic rings. The summed E-state index contributed by atoms with van der Waals surface area (Å²) in [5.74, 6) is -2.00. The van der Waals surface area contributed by atoms with Crippen molar-refractivity contribution in [1.82, 2.24) is 0 Å². The van der Waals surface area contributed by atoms with E-state index in [0.29, 0.717) is 12.8 Å². The van der Waals surface area contributed by atoms with Crippen LogP contribution in [-0.4, -0.2) is 22.2 Å². The highest BCUT2D eigenvalue weighted by atomic mass is 16.4. The molecule has 0 saturated carbocycles. The third-order valence-electron chi connectivity index (χ3n) is 2.87. The maximum absolute atomic E-state index is 10.5. The van der Waals surface area contributed by atoms with Gasteiger partial charge in [0.25, 0.3) is 0 Å². The lowest BCUT2D eigenvalue weighted by Gasteiger charge is -2.07. The van der Waals surface area contributed by atoms with E-state index in [-0.39, 0.29) is 11.8 Å². The molecular weight excluding hydrogens is 208 g/mol. The number of carbonyl (C=O) groups is 2. The van der Waals surface area contributed by atoms with Gasteiger partial charge in [-0.25, -0.2) is 0 Å². The Bertz CT molecular complexity index is 201. The van der Waals surface area contributed by atoms with Crippen LogP contribution in [0.3, 0.4) is 0 Å². The molecule has 94 valence electrons. The smallest absolute Gasteiger partial charge is 0.306 e. The van der Waals surface area contributed by atoms with Gasteiger partial charge in [0.1, 0.15) is 0 Å². The van der Waals surface area contributed by atoms with Gasteiger partial charge in [0.15, 0.2) is 0 Å². The topological polar surface area (TPSA) is 74.6 Å². The average molecular weight is 230 g/mol. The minimum atomic E-state index is -0.737. The van der Waals surface area contributed by atoms with Gasteiger partial charge in [0, 0.05) is 0 Å². The SMILES string of the molecule is C[C@H](CCCCCC[C@H](C)C(=O)O)C(=O)O. The molecular formula is C12H22O4. The molecule has 2 N–H and O–H groups in total. The second-order valence-corrected chi connectivity index (χ2v) is 4.47. The van der Waals surface area contributed by atoms with Crippen molar-refractivity contribution in [1.29, 1.82) is 0 Å². The first-order valence-corrected chi connectivity index (χ1v) is 5.90. The Balaban J connectivity index is 3.34. The van der Waals surface area contributed by atoms with Crippen LogP contribution in [0.4, 0.5) is 0 Å². The summed E-state index contributed by atoms with van der Waals surface area (Å²) >= 11 is 0. The first-order chi connectivity index (χ1) is 7.45. The molecule has 0 aliphatic carbocycles. The average Bonchev–Trinajstić information content (AvgIpc) is 2.21. The highest BCUT2D eigenvalue weighted by Crippen LogP contribution is 2.14. The molecule has 0 saturated heterocycles. The van der Waals surface area contributed by atoms with Crippen LogP contribution in [0.1, 0.15) is 52.4 Å². The largest absolute Gasteiger partial charge is 0.481 e. The van der Waals surface area contributed by atoms with Crippen molar-refractivity contribution < 1.29 is 19.8 Å². The highest BCUT2D eigenvalue weighted by Gasteiger charge is 2.11. The van der Waals surface area contributed by atoms with Crippen LogP contribution < -0.4 is 0 Å². The molecule has 0 aliphatic heterocycles. The summed E-state index contributed by atoms with van der Waals surface area (Å²) < 4.78 is 0. The van der Waals surface area contributed by atoms with E-state index in [2.05, 4.69) is 0 Å². The molecule has 0 rings (SSSR count). The van der Waals surface area contributed by atoms with Gasteiger partial charge >= 0.3 is 11.9 Å². The zero-order chi connectivity index (χ0) is 12.6. The number of carboxylic acid groups (broad SMARTS) is 2. The summed E-state index contributed by atoms with van der Waals surface area (Å²) in [5.41, 5.74) is 0. The lowest BCUT2D eigenvalue weighted by Crippen LogP contribution is -2.09. The van der Waals surface area contributed by atoms with Crippen LogP contribution in [0.15, 0.2) is 0 Å². The van der Waals surface area contributed by atoms with E-state index in [4.69, 9.17) is 10.2 Å². The molecule has 0 aliphatic rings. The molecule has 0 fully saturated rings. The number of hydrogen-bond donors (Lipinski definition) is 2. The third kappa shape index (κ3) is 7.26. The van der Waals surface area contributed by atoms with Gasteiger partial charge in [-0.3, -0.25) is 9.59 Å². The van der Waals surface area contributed by atoms with Gasteiger partial charge in [-0.2, -0.15) is 0 Å². The molecule has 0 unspecified atom stereocenters. The lowest BCUT2D eigenvalue weighted by molar-refractivity contribution is -0.142. The normalized spacial score (nSPS) is 14.4. The van der Waals surface area contributed by atoms with Gasteiger partial charge in [-0.1, -0.05) is 39.5 Å². The molecule has 0 radical (unpaired) electrons. The molecule has 2 atom stereocenters. The van der Waals surface area contributed by atoms with E-state index in [0.717, 1.165) is 25.7 Å². The van der Waals surface area contributed by atoms with Crippen LogP contribution in [0, 0.1) is 11.8 Å². The maximum atomic E-state index is 10.5. The summed E-state index contributed by atoms with van der Waals surface area (Å²) in [6, 6.07) is 0. The standard InChI is InChI=1S/C12H22O4/c1-9(11(13)14)7-5-3-4-6-8-10(2)12(15)16/h9-10H,3-8H2,1-2H3,(H,13,14)(H,15,16)/t9-,10+. The monoisotopic (exact) mass is 230 g/mol. The first-order valence-electron chi connectivity index (χ1n) is 5.90. The molecule has 0 spiro atoms. The van der Waals surface area contributed by atoms with Crippen molar-refractivity contribution >= 4 is 11.9 Å².